The van der Waals surface area contributed by atoms with Crippen LogP contribution >= 0.6 is 11.3 Å². The van der Waals surface area contributed by atoms with Gasteiger partial charge in [0.2, 0.25) is 0 Å². The summed E-state index contributed by atoms with van der Waals surface area (Å²) in [5, 5.41) is 5.00. The molecule has 1 aromatic carbocycles. The highest BCUT2D eigenvalue weighted by Crippen LogP contribution is 2.13. The Balaban J connectivity index is 1.69. The Morgan fingerprint density at radius 1 is 1.25 bits per heavy atom. The van der Waals surface area contributed by atoms with E-state index in [1.807, 2.05) is 11.4 Å². The van der Waals surface area contributed by atoms with Gasteiger partial charge in [0.25, 0.3) is 5.56 Å². The molecule has 2 heterocycles. The lowest BCUT2D eigenvalue weighted by Crippen LogP contribution is -2.23. The van der Waals surface area contributed by atoms with Crippen molar-refractivity contribution in [3.63, 3.8) is 0 Å². The van der Waals surface area contributed by atoms with Crippen LogP contribution in [0.15, 0.2) is 46.8 Å². The first-order chi connectivity index (χ1) is 9.74. The van der Waals surface area contributed by atoms with Crippen molar-refractivity contribution < 1.29 is 4.39 Å². The number of nitrogens with one attached hydrogen (secondary N) is 1. The van der Waals surface area contributed by atoms with Crippen LogP contribution in [-0.2, 0) is 6.54 Å². The molecule has 0 bridgehead atoms. The Labute approximate surface area is 118 Å². The third-order valence-electron chi connectivity index (χ3n) is 2.96. The van der Waals surface area contributed by atoms with Crippen molar-refractivity contribution in [2.24, 2.45) is 0 Å². The first-order valence-electron chi connectivity index (χ1n) is 6.16. The van der Waals surface area contributed by atoms with Gasteiger partial charge in [0.15, 0.2) is 0 Å². The number of rotatable bonds is 4. The molecule has 102 valence electrons. The summed E-state index contributed by atoms with van der Waals surface area (Å²) < 4.78 is 15.0. The van der Waals surface area contributed by atoms with Crippen molar-refractivity contribution in [3.8, 4) is 0 Å². The van der Waals surface area contributed by atoms with Crippen LogP contribution in [0.25, 0.3) is 10.2 Å². The average molecular weight is 289 g/mol. The van der Waals surface area contributed by atoms with Gasteiger partial charge in [-0.15, -0.1) is 11.3 Å². The maximum Gasteiger partial charge on any atom is 0.271 e. The molecule has 0 aliphatic carbocycles. The topological polar surface area (TPSA) is 46.9 Å². The quantitative estimate of drug-likeness (QED) is 0.803. The van der Waals surface area contributed by atoms with E-state index in [-0.39, 0.29) is 11.4 Å². The highest BCUT2D eigenvalue weighted by atomic mass is 32.1. The molecule has 2 aromatic heterocycles. The SMILES string of the molecule is O=c1c2sccc2ncn1CCNc1ccc(F)cc1. The lowest BCUT2D eigenvalue weighted by molar-refractivity contribution is 0.628. The second kappa shape index (κ2) is 5.42. The first-order valence-corrected chi connectivity index (χ1v) is 7.04. The van der Waals surface area contributed by atoms with Crippen LogP contribution in [0.5, 0.6) is 0 Å². The lowest BCUT2D eigenvalue weighted by Gasteiger charge is -2.08. The van der Waals surface area contributed by atoms with Gasteiger partial charge in [-0.2, -0.15) is 0 Å². The number of anilines is 1. The van der Waals surface area contributed by atoms with E-state index < -0.39 is 0 Å². The van der Waals surface area contributed by atoms with Crippen LogP contribution < -0.4 is 10.9 Å². The molecule has 1 N–H and O–H groups in total. The monoisotopic (exact) mass is 289 g/mol. The van der Waals surface area contributed by atoms with Gasteiger partial charge in [-0.25, -0.2) is 9.37 Å². The molecule has 0 unspecified atom stereocenters. The lowest BCUT2D eigenvalue weighted by atomic mass is 10.3. The van der Waals surface area contributed by atoms with E-state index in [1.165, 1.54) is 23.5 Å². The zero-order valence-electron chi connectivity index (χ0n) is 10.5. The molecule has 0 fully saturated rings. The first kappa shape index (κ1) is 12.8. The zero-order chi connectivity index (χ0) is 13.9. The number of thiophene rings is 1. The van der Waals surface area contributed by atoms with Crippen molar-refractivity contribution in [3.05, 3.63) is 58.2 Å². The molecule has 0 amide bonds. The molecule has 0 saturated carbocycles. The summed E-state index contributed by atoms with van der Waals surface area (Å²) in [7, 11) is 0. The number of fused-ring (bicyclic) bond motifs is 1. The molecule has 0 aliphatic rings. The van der Waals surface area contributed by atoms with Crippen LogP contribution in [0.1, 0.15) is 0 Å². The van der Waals surface area contributed by atoms with Crippen LogP contribution in [0.3, 0.4) is 0 Å². The van der Waals surface area contributed by atoms with E-state index in [2.05, 4.69) is 10.3 Å². The number of nitrogens with zero attached hydrogens (tertiary/aromatic N) is 2. The molecule has 0 spiro atoms. The minimum Gasteiger partial charge on any atom is -0.383 e. The predicted molar refractivity (Wildman–Crippen MR) is 78.8 cm³/mol. The average Bonchev–Trinajstić information content (AvgIpc) is 2.93. The Kier molecular flexibility index (Phi) is 3.47. The van der Waals surface area contributed by atoms with Gasteiger partial charge in [-0.05, 0) is 35.7 Å². The zero-order valence-corrected chi connectivity index (χ0v) is 11.4. The molecule has 0 radical (unpaired) electrons. The van der Waals surface area contributed by atoms with Crippen molar-refractivity contribution in [1.82, 2.24) is 9.55 Å². The van der Waals surface area contributed by atoms with Gasteiger partial charge in [0, 0.05) is 18.8 Å². The summed E-state index contributed by atoms with van der Waals surface area (Å²) in [6.45, 7) is 1.08. The van der Waals surface area contributed by atoms with Crippen LogP contribution in [0, 0.1) is 5.82 Å². The molecule has 6 heteroatoms. The van der Waals surface area contributed by atoms with E-state index in [0.29, 0.717) is 17.8 Å². The Bertz CT molecular complexity index is 779. The smallest absolute Gasteiger partial charge is 0.271 e. The van der Waals surface area contributed by atoms with E-state index in [0.717, 1.165) is 11.2 Å². The fraction of sp³-hybridized carbons (Fsp3) is 0.143. The molecule has 0 atom stereocenters. The minimum absolute atomic E-state index is 0.0223. The second-order valence-corrected chi connectivity index (χ2v) is 5.23. The van der Waals surface area contributed by atoms with Crippen molar-refractivity contribution in [2.45, 2.75) is 6.54 Å². The minimum atomic E-state index is -0.265. The highest BCUT2D eigenvalue weighted by Gasteiger charge is 2.04. The van der Waals surface area contributed by atoms with E-state index in [4.69, 9.17) is 0 Å². The standard InChI is InChI=1S/C14H12FN3OS/c15-10-1-3-11(4-2-10)16-6-7-18-9-17-12-5-8-20-13(12)14(18)19/h1-5,8-9,16H,6-7H2. The van der Waals surface area contributed by atoms with Gasteiger partial charge in [0.1, 0.15) is 10.5 Å². The van der Waals surface area contributed by atoms with Gasteiger partial charge in [-0.3, -0.25) is 9.36 Å². The Morgan fingerprint density at radius 2 is 2.05 bits per heavy atom. The number of halogens is 1. The molecule has 20 heavy (non-hydrogen) atoms. The normalized spacial score (nSPS) is 10.8. The highest BCUT2D eigenvalue weighted by molar-refractivity contribution is 7.17. The summed E-state index contributed by atoms with van der Waals surface area (Å²) >= 11 is 1.40. The number of aromatic nitrogens is 2. The summed E-state index contributed by atoms with van der Waals surface area (Å²) in [4.78, 5) is 16.4. The van der Waals surface area contributed by atoms with Crippen LogP contribution in [0.2, 0.25) is 0 Å². The molecule has 0 aliphatic heterocycles. The molecule has 3 aromatic rings. The van der Waals surface area contributed by atoms with Crippen LogP contribution in [0.4, 0.5) is 10.1 Å². The van der Waals surface area contributed by atoms with Gasteiger partial charge in [0.05, 0.1) is 11.8 Å². The van der Waals surface area contributed by atoms with Crippen LogP contribution in [-0.4, -0.2) is 16.1 Å². The molecule has 3 rings (SSSR count). The Morgan fingerprint density at radius 3 is 2.85 bits per heavy atom. The molecule has 0 saturated heterocycles. The molecular weight excluding hydrogens is 277 g/mol. The van der Waals surface area contributed by atoms with Gasteiger partial charge in [-0.1, -0.05) is 0 Å². The van der Waals surface area contributed by atoms with E-state index in [1.54, 1.807) is 23.0 Å². The third kappa shape index (κ3) is 2.55. The summed E-state index contributed by atoms with van der Waals surface area (Å²) in [6.07, 6.45) is 1.56. The molecular formula is C14H12FN3OS. The van der Waals surface area contributed by atoms with Gasteiger partial charge >= 0.3 is 0 Å². The maximum atomic E-state index is 12.8. The number of benzene rings is 1. The van der Waals surface area contributed by atoms with Crippen molar-refractivity contribution in [1.29, 1.82) is 0 Å². The number of hydrogen-bond acceptors (Lipinski definition) is 4. The maximum absolute atomic E-state index is 12.8. The molecule has 4 nitrogen and oxygen atoms in total. The second-order valence-electron chi connectivity index (χ2n) is 4.31. The Hall–Kier alpha value is -2.21. The van der Waals surface area contributed by atoms with Crippen molar-refractivity contribution in [2.75, 3.05) is 11.9 Å². The fourth-order valence-corrected chi connectivity index (χ4v) is 2.72. The summed E-state index contributed by atoms with van der Waals surface area (Å²) in [5.74, 6) is -0.265. The fourth-order valence-electron chi connectivity index (χ4n) is 1.93. The summed E-state index contributed by atoms with van der Waals surface area (Å²) in [6, 6.07) is 7.96. The van der Waals surface area contributed by atoms with Gasteiger partial charge < -0.3 is 5.32 Å². The number of hydrogen-bond donors (Lipinski definition) is 1. The van der Waals surface area contributed by atoms with E-state index >= 15 is 0 Å². The summed E-state index contributed by atoms with van der Waals surface area (Å²) in [5.41, 5.74) is 1.54. The third-order valence-corrected chi connectivity index (χ3v) is 3.85. The van der Waals surface area contributed by atoms with E-state index in [9.17, 15) is 9.18 Å². The largest absolute Gasteiger partial charge is 0.383 e. The van der Waals surface area contributed by atoms with Crippen molar-refractivity contribution >= 4 is 27.2 Å². The predicted octanol–water partition coefficient (Wildman–Crippen LogP) is 2.71.